The summed E-state index contributed by atoms with van der Waals surface area (Å²) in [6, 6.07) is 4.04. The van der Waals surface area contributed by atoms with Crippen LogP contribution in [0.4, 0.5) is 0 Å². The van der Waals surface area contributed by atoms with Gasteiger partial charge in [-0.3, -0.25) is 0 Å². The minimum absolute atomic E-state index is 0.774. The van der Waals surface area contributed by atoms with Crippen molar-refractivity contribution < 1.29 is 0 Å². The van der Waals surface area contributed by atoms with Crippen LogP contribution in [0, 0.1) is 5.92 Å². The molecule has 1 N–H and O–H groups in total. The van der Waals surface area contributed by atoms with Gasteiger partial charge in [-0.2, -0.15) is 0 Å². The highest BCUT2D eigenvalue weighted by Crippen LogP contribution is 2.21. The number of hydrogen-bond donors (Lipinski definition) is 1. The van der Waals surface area contributed by atoms with Crippen LogP contribution >= 0.6 is 22.9 Å². The highest BCUT2D eigenvalue weighted by atomic mass is 35.5. The van der Waals surface area contributed by atoms with Gasteiger partial charge in [-0.05, 0) is 31.0 Å². The predicted molar refractivity (Wildman–Crippen MR) is 65.1 cm³/mol. The molecule has 0 spiro atoms. The fraction of sp³-hybridized carbons (Fsp3) is 0.636. The normalized spacial score (nSPS) is 13.1. The number of rotatable bonds is 6. The van der Waals surface area contributed by atoms with Crippen molar-refractivity contribution >= 4 is 22.9 Å². The molecule has 0 fully saturated rings. The topological polar surface area (TPSA) is 12.0 Å². The molecule has 0 aliphatic carbocycles. The first kappa shape index (κ1) is 12.0. The monoisotopic (exact) mass is 231 g/mol. The molecule has 0 aliphatic heterocycles. The van der Waals surface area contributed by atoms with Crippen LogP contribution in [0.3, 0.4) is 0 Å². The SMILES string of the molecule is CCCC(C)CNCc1ccc(Cl)s1. The smallest absolute Gasteiger partial charge is 0.0931 e. The van der Waals surface area contributed by atoms with Crippen LogP contribution in [0.15, 0.2) is 12.1 Å². The fourth-order valence-electron chi connectivity index (χ4n) is 1.48. The van der Waals surface area contributed by atoms with E-state index >= 15 is 0 Å². The Labute approximate surface area is 95.5 Å². The van der Waals surface area contributed by atoms with E-state index in [9.17, 15) is 0 Å². The largest absolute Gasteiger partial charge is 0.312 e. The fourth-order valence-corrected chi connectivity index (χ4v) is 2.54. The molecule has 1 aromatic rings. The molecule has 14 heavy (non-hydrogen) atoms. The number of hydrogen-bond acceptors (Lipinski definition) is 2. The highest BCUT2D eigenvalue weighted by molar-refractivity contribution is 7.16. The molecule has 1 rings (SSSR count). The molecule has 1 aromatic heterocycles. The van der Waals surface area contributed by atoms with Crippen molar-refractivity contribution in [1.82, 2.24) is 5.32 Å². The standard InChI is InChI=1S/C11H18ClNS/c1-3-4-9(2)7-13-8-10-5-6-11(12)14-10/h5-6,9,13H,3-4,7-8H2,1-2H3. The minimum atomic E-state index is 0.774. The lowest BCUT2D eigenvalue weighted by molar-refractivity contribution is 0.477. The van der Waals surface area contributed by atoms with Gasteiger partial charge in [-0.15, -0.1) is 11.3 Å². The third-order valence-electron chi connectivity index (χ3n) is 2.20. The summed E-state index contributed by atoms with van der Waals surface area (Å²) in [5.41, 5.74) is 0. The van der Waals surface area contributed by atoms with Crippen molar-refractivity contribution in [1.29, 1.82) is 0 Å². The molecule has 1 heterocycles. The van der Waals surface area contributed by atoms with Crippen molar-refractivity contribution in [2.24, 2.45) is 5.92 Å². The van der Waals surface area contributed by atoms with E-state index < -0.39 is 0 Å². The van der Waals surface area contributed by atoms with E-state index in [0.717, 1.165) is 23.3 Å². The Kier molecular flexibility index (Phi) is 5.53. The Morgan fingerprint density at radius 3 is 2.86 bits per heavy atom. The van der Waals surface area contributed by atoms with Crippen LogP contribution < -0.4 is 5.32 Å². The molecule has 1 nitrogen and oxygen atoms in total. The molecule has 80 valence electrons. The number of nitrogens with one attached hydrogen (secondary N) is 1. The van der Waals surface area contributed by atoms with Gasteiger partial charge in [0, 0.05) is 11.4 Å². The van der Waals surface area contributed by atoms with Gasteiger partial charge in [0.2, 0.25) is 0 Å². The Morgan fingerprint density at radius 2 is 2.29 bits per heavy atom. The number of halogens is 1. The average molecular weight is 232 g/mol. The summed E-state index contributed by atoms with van der Waals surface area (Å²) < 4.78 is 0.878. The predicted octanol–water partition coefficient (Wildman–Crippen LogP) is 3.93. The molecule has 3 heteroatoms. The summed E-state index contributed by atoms with van der Waals surface area (Å²) in [5.74, 6) is 0.774. The second-order valence-electron chi connectivity index (χ2n) is 3.73. The van der Waals surface area contributed by atoms with Crippen LogP contribution in [-0.2, 0) is 6.54 Å². The number of thiophene rings is 1. The third-order valence-corrected chi connectivity index (χ3v) is 3.43. The summed E-state index contributed by atoms with van der Waals surface area (Å²) in [5, 5.41) is 3.45. The van der Waals surface area contributed by atoms with Gasteiger partial charge in [0.15, 0.2) is 0 Å². The Hall–Kier alpha value is -0.0500. The molecule has 0 aliphatic rings. The van der Waals surface area contributed by atoms with Gasteiger partial charge in [-0.25, -0.2) is 0 Å². The second kappa shape index (κ2) is 6.44. The van der Waals surface area contributed by atoms with Crippen LogP contribution in [0.2, 0.25) is 4.34 Å². The van der Waals surface area contributed by atoms with Crippen molar-refractivity contribution in [3.8, 4) is 0 Å². The molecule has 0 saturated carbocycles. The summed E-state index contributed by atoms with van der Waals surface area (Å²) in [6.07, 6.45) is 2.58. The summed E-state index contributed by atoms with van der Waals surface area (Å²) in [6.45, 7) is 6.57. The molecule has 0 amide bonds. The zero-order chi connectivity index (χ0) is 10.4. The van der Waals surface area contributed by atoms with E-state index in [4.69, 9.17) is 11.6 Å². The molecule has 0 aromatic carbocycles. The molecular formula is C11H18ClNS. The maximum absolute atomic E-state index is 5.84. The van der Waals surface area contributed by atoms with Gasteiger partial charge in [-0.1, -0.05) is 31.9 Å². The summed E-state index contributed by atoms with van der Waals surface area (Å²) in [4.78, 5) is 1.32. The van der Waals surface area contributed by atoms with Crippen molar-refractivity contribution in [2.45, 2.75) is 33.2 Å². The van der Waals surface area contributed by atoms with Crippen LogP contribution in [0.5, 0.6) is 0 Å². The summed E-state index contributed by atoms with van der Waals surface area (Å²) >= 11 is 7.50. The highest BCUT2D eigenvalue weighted by Gasteiger charge is 2.01. The first-order valence-electron chi connectivity index (χ1n) is 5.17. The maximum Gasteiger partial charge on any atom is 0.0931 e. The van der Waals surface area contributed by atoms with Crippen molar-refractivity contribution in [3.05, 3.63) is 21.3 Å². The molecular weight excluding hydrogens is 214 g/mol. The van der Waals surface area contributed by atoms with E-state index in [0.29, 0.717) is 0 Å². The Balaban J connectivity index is 2.15. The lowest BCUT2D eigenvalue weighted by Crippen LogP contribution is -2.20. The van der Waals surface area contributed by atoms with Crippen molar-refractivity contribution in [2.75, 3.05) is 6.54 Å². The Morgan fingerprint density at radius 1 is 1.50 bits per heavy atom. The zero-order valence-corrected chi connectivity index (χ0v) is 10.4. The van der Waals surface area contributed by atoms with E-state index in [2.05, 4.69) is 25.2 Å². The first-order chi connectivity index (χ1) is 6.72. The second-order valence-corrected chi connectivity index (χ2v) is 5.53. The molecule has 0 saturated heterocycles. The van der Waals surface area contributed by atoms with Crippen LogP contribution in [-0.4, -0.2) is 6.54 Å². The lowest BCUT2D eigenvalue weighted by Gasteiger charge is -2.10. The summed E-state index contributed by atoms with van der Waals surface area (Å²) in [7, 11) is 0. The van der Waals surface area contributed by atoms with Gasteiger partial charge in [0.25, 0.3) is 0 Å². The van der Waals surface area contributed by atoms with E-state index in [1.165, 1.54) is 17.7 Å². The Bertz CT molecular complexity index is 260. The van der Waals surface area contributed by atoms with Crippen molar-refractivity contribution in [3.63, 3.8) is 0 Å². The van der Waals surface area contributed by atoms with Gasteiger partial charge >= 0.3 is 0 Å². The maximum atomic E-state index is 5.84. The van der Waals surface area contributed by atoms with E-state index in [1.807, 2.05) is 6.07 Å². The van der Waals surface area contributed by atoms with Crippen LogP contribution in [0.1, 0.15) is 31.6 Å². The minimum Gasteiger partial charge on any atom is -0.312 e. The first-order valence-corrected chi connectivity index (χ1v) is 6.36. The van der Waals surface area contributed by atoms with Gasteiger partial charge in [0.05, 0.1) is 4.34 Å². The average Bonchev–Trinajstić information content (AvgIpc) is 2.52. The molecule has 0 bridgehead atoms. The molecule has 0 radical (unpaired) electrons. The zero-order valence-electron chi connectivity index (χ0n) is 8.85. The lowest BCUT2D eigenvalue weighted by atomic mass is 10.1. The van der Waals surface area contributed by atoms with E-state index in [-0.39, 0.29) is 0 Å². The molecule has 1 unspecified atom stereocenters. The van der Waals surface area contributed by atoms with Gasteiger partial charge in [0.1, 0.15) is 0 Å². The van der Waals surface area contributed by atoms with Gasteiger partial charge < -0.3 is 5.32 Å². The quantitative estimate of drug-likeness (QED) is 0.783. The third kappa shape index (κ3) is 4.45. The molecule has 1 atom stereocenters. The van der Waals surface area contributed by atoms with E-state index in [1.54, 1.807) is 11.3 Å². The van der Waals surface area contributed by atoms with Crippen LogP contribution in [0.25, 0.3) is 0 Å².